The van der Waals surface area contributed by atoms with Gasteiger partial charge in [-0.15, -0.1) is 0 Å². The Kier molecular flexibility index (Phi) is 13.1. The second-order valence-corrected chi connectivity index (χ2v) is 1.59. The highest BCUT2D eigenvalue weighted by atomic mass is 14.6. The van der Waals surface area contributed by atoms with Gasteiger partial charge in [-0.05, 0) is 13.8 Å². The van der Waals surface area contributed by atoms with E-state index < -0.39 is 0 Å². The largest absolute Gasteiger partial charge is 0.224 e. The minimum absolute atomic E-state index is 1.18. The molecule has 0 aromatic rings. The van der Waals surface area contributed by atoms with E-state index in [0.717, 1.165) is 0 Å². The predicted octanol–water partition coefficient (Wildman–Crippen LogP) is 1.27. The molecule has 1 N–H and O–H groups in total. The minimum Gasteiger partial charge on any atom is -0.224 e. The van der Waals surface area contributed by atoms with E-state index in [9.17, 15) is 0 Å². The Balaban J connectivity index is 0. The SMILES string of the molecule is C=[NH+]/C=C(C)\C=C/C.CC. The normalized spacial score (nSPS) is 10.6. The molecule has 0 aliphatic heterocycles. The van der Waals surface area contributed by atoms with E-state index >= 15 is 0 Å². The molecule has 0 aromatic carbocycles. The van der Waals surface area contributed by atoms with Gasteiger partial charge in [-0.2, -0.15) is 0 Å². The third-order valence-electron chi connectivity index (χ3n) is 0.759. The minimum atomic E-state index is 1.18. The van der Waals surface area contributed by atoms with E-state index in [1.54, 1.807) is 0 Å². The van der Waals surface area contributed by atoms with E-state index in [1.165, 1.54) is 5.57 Å². The molecule has 0 amide bonds. The average Bonchev–Trinajstić information content (AvgIpc) is 1.93. The molecule has 0 radical (unpaired) electrons. The fourth-order valence-corrected chi connectivity index (χ4v) is 0.472. The summed E-state index contributed by atoms with van der Waals surface area (Å²) in [6, 6.07) is 0. The van der Waals surface area contributed by atoms with Gasteiger partial charge in [0.1, 0.15) is 6.72 Å². The zero-order chi connectivity index (χ0) is 8.41. The van der Waals surface area contributed by atoms with Crippen molar-refractivity contribution in [2.75, 3.05) is 0 Å². The molecular weight excluding hydrogens is 122 g/mol. The van der Waals surface area contributed by atoms with Crippen LogP contribution in [0.1, 0.15) is 27.7 Å². The van der Waals surface area contributed by atoms with Crippen LogP contribution in [-0.2, 0) is 0 Å². The van der Waals surface area contributed by atoms with Crippen molar-refractivity contribution in [3.05, 3.63) is 23.9 Å². The Bertz CT molecular complexity index is 121. The van der Waals surface area contributed by atoms with E-state index in [2.05, 4.69) is 11.7 Å². The smallest absolute Gasteiger partial charge is 0.169 e. The summed E-state index contributed by atoms with van der Waals surface area (Å²) in [6.45, 7) is 11.4. The first-order valence-corrected chi connectivity index (χ1v) is 3.63. The summed E-state index contributed by atoms with van der Waals surface area (Å²) in [4.78, 5) is 2.69. The highest BCUT2D eigenvalue weighted by molar-refractivity contribution is 5.16. The van der Waals surface area contributed by atoms with Crippen LogP contribution in [0.2, 0.25) is 0 Å². The van der Waals surface area contributed by atoms with Crippen LogP contribution in [0.4, 0.5) is 0 Å². The van der Waals surface area contributed by atoms with Gasteiger partial charge in [0.25, 0.3) is 0 Å². The van der Waals surface area contributed by atoms with Gasteiger partial charge in [0.15, 0.2) is 6.20 Å². The maximum atomic E-state index is 3.45. The third-order valence-corrected chi connectivity index (χ3v) is 0.759. The summed E-state index contributed by atoms with van der Waals surface area (Å²) in [6.07, 6.45) is 5.85. The van der Waals surface area contributed by atoms with E-state index in [-0.39, 0.29) is 0 Å². The van der Waals surface area contributed by atoms with Crippen LogP contribution in [-0.4, -0.2) is 6.72 Å². The number of hydrogen-bond acceptors (Lipinski definition) is 0. The molecule has 0 aliphatic rings. The van der Waals surface area contributed by atoms with Gasteiger partial charge < -0.3 is 0 Å². The molecule has 0 unspecified atom stereocenters. The molecule has 0 saturated carbocycles. The quantitative estimate of drug-likeness (QED) is 0.438. The van der Waals surface area contributed by atoms with Crippen molar-refractivity contribution in [3.63, 3.8) is 0 Å². The van der Waals surface area contributed by atoms with Crippen LogP contribution in [0, 0.1) is 0 Å². The number of allylic oxidation sites excluding steroid dienone is 3. The van der Waals surface area contributed by atoms with E-state index in [1.807, 2.05) is 46.0 Å². The molecule has 1 heteroatoms. The monoisotopic (exact) mass is 140 g/mol. The topological polar surface area (TPSA) is 14.0 Å². The van der Waals surface area contributed by atoms with E-state index in [0.29, 0.717) is 0 Å². The summed E-state index contributed by atoms with van der Waals surface area (Å²) in [5, 5.41) is 0. The summed E-state index contributed by atoms with van der Waals surface area (Å²) in [7, 11) is 0. The standard InChI is InChI=1S/C7H11N.C2H6/c1-4-5-7(2)6-8-3;1-2/h4-6H,3H2,1-2H3;1-2H3/p+1/b5-4-,7-6-;. The first-order chi connectivity index (χ1) is 4.81. The molecule has 10 heavy (non-hydrogen) atoms. The summed E-state index contributed by atoms with van der Waals surface area (Å²) >= 11 is 0. The first kappa shape index (κ1) is 11.9. The summed E-state index contributed by atoms with van der Waals surface area (Å²) in [5.74, 6) is 0. The molecule has 0 aliphatic carbocycles. The van der Waals surface area contributed by atoms with Gasteiger partial charge in [-0.25, -0.2) is 4.99 Å². The molecular formula is C9H18N+. The maximum Gasteiger partial charge on any atom is 0.169 e. The summed E-state index contributed by atoms with van der Waals surface area (Å²) < 4.78 is 0. The van der Waals surface area contributed by atoms with Crippen LogP contribution in [0.25, 0.3) is 0 Å². The van der Waals surface area contributed by atoms with Gasteiger partial charge in [-0.1, -0.05) is 26.0 Å². The van der Waals surface area contributed by atoms with Crippen molar-refractivity contribution in [2.45, 2.75) is 27.7 Å². The van der Waals surface area contributed by atoms with Crippen molar-refractivity contribution >= 4 is 6.72 Å². The Morgan fingerprint density at radius 3 is 2.20 bits per heavy atom. The summed E-state index contributed by atoms with van der Waals surface area (Å²) in [5.41, 5.74) is 1.18. The Morgan fingerprint density at radius 1 is 1.40 bits per heavy atom. The highest BCUT2D eigenvalue weighted by Gasteiger charge is 1.77. The molecule has 0 atom stereocenters. The van der Waals surface area contributed by atoms with Crippen molar-refractivity contribution in [2.24, 2.45) is 0 Å². The molecule has 58 valence electrons. The van der Waals surface area contributed by atoms with Crippen LogP contribution in [0.15, 0.2) is 23.9 Å². The maximum absolute atomic E-state index is 3.45. The Morgan fingerprint density at radius 2 is 1.90 bits per heavy atom. The van der Waals surface area contributed by atoms with Crippen molar-refractivity contribution in [1.29, 1.82) is 0 Å². The average molecular weight is 140 g/mol. The molecule has 1 nitrogen and oxygen atoms in total. The zero-order valence-electron chi connectivity index (χ0n) is 7.44. The lowest BCUT2D eigenvalue weighted by atomic mass is 10.3. The highest BCUT2D eigenvalue weighted by Crippen LogP contribution is 1.87. The lowest BCUT2D eigenvalue weighted by Gasteiger charge is -1.78. The number of hydrogen-bond donors (Lipinski definition) is 1. The fourth-order valence-electron chi connectivity index (χ4n) is 0.472. The van der Waals surface area contributed by atoms with Gasteiger partial charge in [0.05, 0.1) is 0 Å². The van der Waals surface area contributed by atoms with Crippen molar-refractivity contribution in [1.82, 2.24) is 0 Å². The second-order valence-electron chi connectivity index (χ2n) is 1.59. The van der Waals surface area contributed by atoms with Crippen LogP contribution < -0.4 is 4.99 Å². The third kappa shape index (κ3) is 10.2. The van der Waals surface area contributed by atoms with Gasteiger partial charge in [0, 0.05) is 5.57 Å². The van der Waals surface area contributed by atoms with Crippen molar-refractivity contribution in [3.8, 4) is 0 Å². The Hall–Kier alpha value is -0.850. The van der Waals surface area contributed by atoms with Crippen LogP contribution in [0.3, 0.4) is 0 Å². The van der Waals surface area contributed by atoms with Crippen LogP contribution in [0.5, 0.6) is 0 Å². The number of rotatable bonds is 2. The predicted molar refractivity (Wildman–Crippen MR) is 48.0 cm³/mol. The second kappa shape index (κ2) is 11.0. The van der Waals surface area contributed by atoms with Gasteiger partial charge in [-0.3, -0.25) is 0 Å². The van der Waals surface area contributed by atoms with E-state index in [4.69, 9.17) is 0 Å². The molecule has 0 saturated heterocycles. The molecule has 0 fully saturated rings. The lowest BCUT2D eigenvalue weighted by Crippen LogP contribution is -2.57. The molecule has 0 rings (SSSR count). The lowest BCUT2D eigenvalue weighted by molar-refractivity contribution is -0.362. The zero-order valence-corrected chi connectivity index (χ0v) is 7.44. The fraction of sp³-hybridized carbons (Fsp3) is 0.444. The molecule has 0 bridgehead atoms. The van der Waals surface area contributed by atoms with Crippen LogP contribution >= 0.6 is 0 Å². The molecule has 0 spiro atoms. The van der Waals surface area contributed by atoms with Crippen molar-refractivity contribution < 1.29 is 4.99 Å². The van der Waals surface area contributed by atoms with Gasteiger partial charge in [0.2, 0.25) is 0 Å². The molecule has 0 heterocycles. The number of nitrogens with one attached hydrogen (secondary N) is 1. The van der Waals surface area contributed by atoms with Gasteiger partial charge >= 0.3 is 0 Å². The first-order valence-electron chi connectivity index (χ1n) is 3.63. The Labute approximate surface area is 64.2 Å². The molecule has 0 aromatic heterocycles.